The lowest BCUT2D eigenvalue weighted by atomic mass is 9.99. The Morgan fingerprint density at radius 3 is 2.29 bits per heavy atom. The van der Waals surface area contributed by atoms with E-state index in [2.05, 4.69) is 6.58 Å². The molecule has 94 valence electrons. The van der Waals surface area contributed by atoms with Gasteiger partial charge in [-0.05, 0) is 12.1 Å². The summed E-state index contributed by atoms with van der Waals surface area (Å²) in [4.78, 5) is 0. The minimum Gasteiger partial charge on any atom is -0.507 e. The molecular formula is C11H9F5O. The highest BCUT2D eigenvalue weighted by Crippen LogP contribution is 2.47. The quantitative estimate of drug-likeness (QED) is 0.637. The van der Waals surface area contributed by atoms with Crippen molar-refractivity contribution >= 4 is 0 Å². The molecule has 0 aliphatic rings. The minimum absolute atomic E-state index is 0.354. The summed E-state index contributed by atoms with van der Waals surface area (Å²) in [7, 11) is 0. The van der Waals surface area contributed by atoms with Gasteiger partial charge < -0.3 is 5.11 Å². The van der Waals surface area contributed by atoms with Gasteiger partial charge in [0.05, 0.1) is 5.56 Å². The van der Waals surface area contributed by atoms with E-state index >= 15 is 0 Å². The molecule has 0 aliphatic carbocycles. The van der Waals surface area contributed by atoms with E-state index in [0.717, 1.165) is 0 Å². The lowest BCUT2D eigenvalue weighted by molar-refractivity contribution is -0.214. The van der Waals surface area contributed by atoms with Crippen LogP contribution in [0.1, 0.15) is 12.0 Å². The van der Waals surface area contributed by atoms with Crippen molar-refractivity contribution in [3.63, 3.8) is 0 Å². The van der Waals surface area contributed by atoms with Crippen molar-refractivity contribution in [1.29, 1.82) is 0 Å². The van der Waals surface area contributed by atoms with Crippen LogP contribution in [0, 0.1) is 5.82 Å². The third-order valence-electron chi connectivity index (χ3n) is 2.16. The summed E-state index contributed by atoms with van der Waals surface area (Å²) in [6.45, 7) is 2.95. The highest BCUT2D eigenvalue weighted by molar-refractivity contribution is 5.37. The fraction of sp³-hybridized carbons (Fsp3) is 0.273. The Morgan fingerprint density at radius 2 is 1.82 bits per heavy atom. The molecule has 0 aliphatic heterocycles. The van der Waals surface area contributed by atoms with Crippen LogP contribution in [0.5, 0.6) is 5.75 Å². The zero-order valence-electron chi connectivity index (χ0n) is 8.56. The van der Waals surface area contributed by atoms with E-state index in [0.29, 0.717) is 24.3 Å². The molecule has 0 atom stereocenters. The Morgan fingerprint density at radius 1 is 1.24 bits per heavy atom. The molecule has 1 rings (SSSR count). The molecule has 1 aromatic rings. The maximum absolute atomic E-state index is 13.4. The average Bonchev–Trinajstić information content (AvgIpc) is 2.16. The normalized spacial score (nSPS) is 12.5. The van der Waals surface area contributed by atoms with Crippen molar-refractivity contribution in [2.24, 2.45) is 0 Å². The van der Waals surface area contributed by atoms with E-state index in [-0.39, 0.29) is 0 Å². The SMILES string of the molecule is C=CCC(F)(F)C(F)(F)c1ccc(F)cc1O. The zero-order valence-corrected chi connectivity index (χ0v) is 8.56. The number of phenols is 1. The maximum Gasteiger partial charge on any atom is 0.339 e. The molecule has 1 N–H and O–H groups in total. The maximum atomic E-state index is 13.4. The topological polar surface area (TPSA) is 20.2 Å². The number of hydrogen-bond donors (Lipinski definition) is 1. The summed E-state index contributed by atoms with van der Waals surface area (Å²) < 4.78 is 65.7. The monoisotopic (exact) mass is 252 g/mol. The predicted octanol–water partition coefficient (Wildman–Crippen LogP) is 3.83. The van der Waals surface area contributed by atoms with Crippen LogP contribution in [0.2, 0.25) is 0 Å². The van der Waals surface area contributed by atoms with Crippen LogP contribution in [0.15, 0.2) is 30.9 Å². The first-order valence-corrected chi connectivity index (χ1v) is 4.58. The zero-order chi connectivity index (χ0) is 13.3. The van der Waals surface area contributed by atoms with Crippen LogP contribution in [-0.4, -0.2) is 11.0 Å². The van der Waals surface area contributed by atoms with Gasteiger partial charge in [-0.3, -0.25) is 0 Å². The van der Waals surface area contributed by atoms with E-state index in [4.69, 9.17) is 5.11 Å². The van der Waals surface area contributed by atoms with Crippen molar-refractivity contribution in [3.8, 4) is 5.75 Å². The number of benzene rings is 1. The van der Waals surface area contributed by atoms with Crippen LogP contribution in [0.3, 0.4) is 0 Å². The van der Waals surface area contributed by atoms with Crippen LogP contribution in [0.4, 0.5) is 22.0 Å². The van der Waals surface area contributed by atoms with Crippen molar-refractivity contribution in [1.82, 2.24) is 0 Å². The molecule has 0 aromatic heterocycles. The number of phenolic OH excluding ortho intramolecular Hbond substituents is 1. The van der Waals surface area contributed by atoms with Crippen LogP contribution in [-0.2, 0) is 5.92 Å². The van der Waals surface area contributed by atoms with Gasteiger partial charge in [-0.1, -0.05) is 6.08 Å². The average molecular weight is 252 g/mol. The third-order valence-corrected chi connectivity index (χ3v) is 2.16. The number of aromatic hydroxyl groups is 1. The number of rotatable bonds is 4. The lowest BCUT2D eigenvalue weighted by Crippen LogP contribution is -2.37. The Hall–Kier alpha value is -1.59. The summed E-state index contributed by atoms with van der Waals surface area (Å²) in [5.74, 6) is -11.2. The molecule has 17 heavy (non-hydrogen) atoms. The van der Waals surface area contributed by atoms with Gasteiger partial charge in [-0.15, -0.1) is 6.58 Å². The van der Waals surface area contributed by atoms with E-state index in [9.17, 15) is 22.0 Å². The van der Waals surface area contributed by atoms with Gasteiger partial charge in [-0.2, -0.15) is 17.6 Å². The highest BCUT2D eigenvalue weighted by Gasteiger charge is 2.57. The Balaban J connectivity index is 3.25. The summed E-state index contributed by atoms with van der Waals surface area (Å²) in [5.41, 5.74) is -1.31. The molecule has 0 amide bonds. The number of halogens is 5. The predicted molar refractivity (Wildman–Crippen MR) is 51.7 cm³/mol. The van der Waals surface area contributed by atoms with Crippen molar-refractivity contribution in [3.05, 3.63) is 42.2 Å². The van der Waals surface area contributed by atoms with Gasteiger partial charge in [0.1, 0.15) is 11.6 Å². The van der Waals surface area contributed by atoms with Crippen molar-refractivity contribution in [2.45, 2.75) is 18.3 Å². The summed E-state index contributed by atoms with van der Waals surface area (Å²) in [6.07, 6.45) is -0.606. The largest absolute Gasteiger partial charge is 0.507 e. The minimum atomic E-state index is -4.60. The lowest BCUT2D eigenvalue weighted by Gasteiger charge is -2.26. The number of hydrogen-bond acceptors (Lipinski definition) is 1. The van der Waals surface area contributed by atoms with Gasteiger partial charge >= 0.3 is 11.8 Å². The molecule has 0 fully saturated rings. The van der Waals surface area contributed by atoms with Crippen LogP contribution in [0.25, 0.3) is 0 Å². The molecule has 0 radical (unpaired) electrons. The molecular weight excluding hydrogens is 243 g/mol. The van der Waals surface area contributed by atoms with Crippen molar-refractivity contribution < 1.29 is 27.1 Å². The molecule has 0 unspecified atom stereocenters. The molecule has 0 saturated heterocycles. The molecule has 0 saturated carbocycles. The first-order chi connectivity index (χ1) is 7.72. The molecule has 1 nitrogen and oxygen atoms in total. The number of alkyl halides is 4. The molecule has 0 bridgehead atoms. The second-order valence-electron chi connectivity index (χ2n) is 3.43. The van der Waals surface area contributed by atoms with Gasteiger partial charge in [0.2, 0.25) is 0 Å². The van der Waals surface area contributed by atoms with Crippen LogP contribution < -0.4 is 0 Å². The first-order valence-electron chi connectivity index (χ1n) is 4.58. The standard InChI is InChI=1S/C11H9F5O/c1-2-5-10(13,14)11(15,16)8-4-3-7(12)6-9(8)17/h2-4,6,17H,1,5H2. The molecule has 0 heterocycles. The van der Waals surface area contributed by atoms with Gasteiger partial charge in [-0.25, -0.2) is 4.39 Å². The molecule has 1 aromatic carbocycles. The Kier molecular flexibility index (Phi) is 3.45. The first kappa shape index (κ1) is 13.5. The summed E-state index contributed by atoms with van der Waals surface area (Å²) in [5, 5.41) is 9.08. The highest BCUT2D eigenvalue weighted by atomic mass is 19.3. The van der Waals surface area contributed by atoms with E-state index in [1.807, 2.05) is 0 Å². The summed E-state index contributed by atoms with van der Waals surface area (Å²) >= 11 is 0. The van der Waals surface area contributed by atoms with Gasteiger partial charge in [0.25, 0.3) is 0 Å². The number of allylic oxidation sites excluding steroid dienone is 1. The van der Waals surface area contributed by atoms with Crippen LogP contribution >= 0.6 is 0 Å². The summed E-state index contributed by atoms with van der Waals surface area (Å²) in [6, 6.07) is 1.36. The fourth-order valence-corrected chi connectivity index (χ4v) is 1.28. The van der Waals surface area contributed by atoms with E-state index < -0.39 is 35.4 Å². The van der Waals surface area contributed by atoms with E-state index in [1.54, 1.807) is 0 Å². The molecule has 6 heteroatoms. The molecule has 0 spiro atoms. The van der Waals surface area contributed by atoms with Crippen molar-refractivity contribution in [2.75, 3.05) is 0 Å². The fourth-order valence-electron chi connectivity index (χ4n) is 1.28. The van der Waals surface area contributed by atoms with Gasteiger partial charge in [0, 0.05) is 12.5 Å². The second kappa shape index (κ2) is 4.35. The smallest absolute Gasteiger partial charge is 0.339 e. The Labute approximate surface area is 94.2 Å². The Bertz CT molecular complexity index is 428. The third kappa shape index (κ3) is 2.40. The van der Waals surface area contributed by atoms with E-state index in [1.165, 1.54) is 0 Å². The second-order valence-corrected chi connectivity index (χ2v) is 3.43. The van der Waals surface area contributed by atoms with Gasteiger partial charge in [0.15, 0.2) is 0 Å².